The zero-order chi connectivity index (χ0) is 18.9. The molecule has 1 aromatic carbocycles. The number of aromatic nitrogens is 1. The summed E-state index contributed by atoms with van der Waals surface area (Å²) in [7, 11) is 4.67. The van der Waals surface area contributed by atoms with Crippen LogP contribution in [0.2, 0.25) is 0 Å². The maximum atomic E-state index is 12.1. The first-order chi connectivity index (χ1) is 12.6. The Hall–Kier alpha value is -2.65. The van der Waals surface area contributed by atoms with Crippen molar-refractivity contribution in [2.24, 2.45) is 0 Å². The highest BCUT2D eigenvalue weighted by Gasteiger charge is 2.14. The summed E-state index contributed by atoms with van der Waals surface area (Å²) in [6.07, 6.45) is 0. The Morgan fingerprint density at radius 2 is 1.88 bits per heavy atom. The van der Waals surface area contributed by atoms with Gasteiger partial charge in [-0.1, -0.05) is 0 Å². The number of benzene rings is 1. The summed E-state index contributed by atoms with van der Waals surface area (Å²) in [4.78, 5) is 28.0. The Kier molecular flexibility index (Phi) is 7.37. The number of thiazole rings is 1. The van der Waals surface area contributed by atoms with Crippen LogP contribution in [0.5, 0.6) is 11.5 Å². The number of nitrogens with one attached hydrogen (secondary N) is 2. The maximum Gasteiger partial charge on any atom is 0.271 e. The average molecular weight is 379 g/mol. The van der Waals surface area contributed by atoms with E-state index in [1.54, 1.807) is 38.8 Å². The first kappa shape index (κ1) is 19.7. The van der Waals surface area contributed by atoms with E-state index in [2.05, 4.69) is 15.6 Å². The molecule has 2 aromatic rings. The molecule has 0 spiro atoms. The number of hydrogen-bond donors (Lipinski definition) is 2. The Labute approximate surface area is 155 Å². The third kappa shape index (κ3) is 5.17. The van der Waals surface area contributed by atoms with Crippen molar-refractivity contribution in [3.63, 3.8) is 0 Å². The van der Waals surface area contributed by atoms with Crippen molar-refractivity contribution in [1.82, 2.24) is 15.6 Å². The largest absolute Gasteiger partial charge is 0.493 e. The molecule has 0 aliphatic rings. The summed E-state index contributed by atoms with van der Waals surface area (Å²) < 4.78 is 15.3. The van der Waals surface area contributed by atoms with Crippen LogP contribution in [-0.2, 0) is 9.53 Å². The second kappa shape index (κ2) is 9.73. The molecule has 0 fully saturated rings. The predicted molar refractivity (Wildman–Crippen MR) is 97.9 cm³/mol. The fourth-order valence-corrected chi connectivity index (χ4v) is 2.88. The highest BCUT2D eigenvalue weighted by atomic mass is 32.1. The lowest BCUT2D eigenvalue weighted by atomic mass is 10.2. The molecule has 140 valence electrons. The van der Waals surface area contributed by atoms with Gasteiger partial charge in [0.2, 0.25) is 5.91 Å². The smallest absolute Gasteiger partial charge is 0.271 e. The zero-order valence-electron chi connectivity index (χ0n) is 14.8. The highest BCUT2D eigenvalue weighted by molar-refractivity contribution is 7.13. The third-order valence-corrected chi connectivity index (χ3v) is 4.30. The van der Waals surface area contributed by atoms with Crippen molar-refractivity contribution in [2.45, 2.75) is 0 Å². The van der Waals surface area contributed by atoms with Crippen molar-refractivity contribution in [1.29, 1.82) is 0 Å². The van der Waals surface area contributed by atoms with E-state index in [9.17, 15) is 9.59 Å². The van der Waals surface area contributed by atoms with Crippen LogP contribution >= 0.6 is 11.3 Å². The van der Waals surface area contributed by atoms with Crippen molar-refractivity contribution < 1.29 is 23.8 Å². The number of methoxy groups -OCH3 is 3. The number of hydrogen-bond acceptors (Lipinski definition) is 7. The van der Waals surface area contributed by atoms with Crippen molar-refractivity contribution in [3.05, 3.63) is 29.3 Å². The highest BCUT2D eigenvalue weighted by Crippen LogP contribution is 2.33. The fraction of sp³-hybridized carbons (Fsp3) is 0.353. The van der Waals surface area contributed by atoms with Gasteiger partial charge in [0.15, 0.2) is 11.5 Å². The monoisotopic (exact) mass is 379 g/mol. The first-order valence-corrected chi connectivity index (χ1v) is 8.68. The predicted octanol–water partition coefficient (Wildman–Crippen LogP) is 1.32. The van der Waals surface area contributed by atoms with Gasteiger partial charge in [0.05, 0.1) is 27.4 Å². The van der Waals surface area contributed by atoms with E-state index in [1.807, 2.05) is 6.07 Å². The summed E-state index contributed by atoms with van der Waals surface area (Å²) in [6.45, 7) is 0.692. The Bertz CT molecular complexity index is 763. The summed E-state index contributed by atoms with van der Waals surface area (Å²) in [6, 6.07) is 5.41. The van der Waals surface area contributed by atoms with Crippen molar-refractivity contribution >= 4 is 23.2 Å². The Balaban J connectivity index is 1.98. The van der Waals surface area contributed by atoms with E-state index in [4.69, 9.17) is 14.2 Å². The SMILES string of the molecule is COCCNC(=O)CNC(=O)c1csc(-c2ccc(OC)c(OC)c2)n1. The van der Waals surface area contributed by atoms with E-state index in [0.29, 0.717) is 29.7 Å². The van der Waals surface area contributed by atoms with Gasteiger partial charge in [-0.05, 0) is 18.2 Å². The summed E-state index contributed by atoms with van der Waals surface area (Å²) in [5.41, 5.74) is 1.06. The molecule has 0 aliphatic heterocycles. The van der Waals surface area contributed by atoms with E-state index in [0.717, 1.165) is 5.56 Å². The molecule has 1 heterocycles. The van der Waals surface area contributed by atoms with Gasteiger partial charge in [0, 0.05) is 24.6 Å². The number of carbonyl (C=O) groups excluding carboxylic acids is 2. The second-order valence-corrected chi connectivity index (χ2v) is 5.99. The summed E-state index contributed by atoms with van der Waals surface area (Å²) in [5, 5.41) is 7.47. The molecule has 0 unspecified atom stereocenters. The molecule has 0 saturated carbocycles. The molecular formula is C17H21N3O5S. The molecule has 2 amide bonds. The minimum atomic E-state index is -0.408. The molecule has 0 aliphatic carbocycles. The molecular weight excluding hydrogens is 358 g/mol. The lowest BCUT2D eigenvalue weighted by molar-refractivity contribution is -0.120. The topological polar surface area (TPSA) is 98.8 Å². The first-order valence-electron chi connectivity index (χ1n) is 7.80. The number of amides is 2. The lowest BCUT2D eigenvalue weighted by Gasteiger charge is -2.08. The Morgan fingerprint density at radius 3 is 2.58 bits per heavy atom. The van der Waals surface area contributed by atoms with E-state index < -0.39 is 5.91 Å². The number of nitrogens with zero attached hydrogens (tertiary/aromatic N) is 1. The van der Waals surface area contributed by atoms with Crippen LogP contribution in [0.15, 0.2) is 23.6 Å². The summed E-state index contributed by atoms with van der Waals surface area (Å²) >= 11 is 1.33. The van der Waals surface area contributed by atoms with Crippen LogP contribution in [-0.4, -0.2) is 57.8 Å². The normalized spacial score (nSPS) is 10.3. The van der Waals surface area contributed by atoms with Gasteiger partial charge in [-0.2, -0.15) is 0 Å². The van der Waals surface area contributed by atoms with E-state index in [1.165, 1.54) is 11.3 Å². The molecule has 0 saturated heterocycles. The summed E-state index contributed by atoms with van der Waals surface area (Å²) in [5.74, 6) is 0.504. The fourth-order valence-electron chi connectivity index (χ4n) is 2.09. The third-order valence-electron chi connectivity index (χ3n) is 3.41. The van der Waals surface area contributed by atoms with Gasteiger partial charge in [-0.15, -0.1) is 11.3 Å². The maximum absolute atomic E-state index is 12.1. The molecule has 9 heteroatoms. The van der Waals surface area contributed by atoms with Crippen molar-refractivity contribution in [3.8, 4) is 22.1 Å². The zero-order valence-corrected chi connectivity index (χ0v) is 15.6. The molecule has 0 atom stereocenters. The van der Waals surface area contributed by atoms with Gasteiger partial charge in [0.25, 0.3) is 5.91 Å². The van der Waals surface area contributed by atoms with Gasteiger partial charge in [-0.25, -0.2) is 4.98 Å². The van der Waals surface area contributed by atoms with Crippen LogP contribution in [0.1, 0.15) is 10.5 Å². The van der Waals surface area contributed by atoms with E-state index in [-0.39, 0.29) is 18.1 Å². The van der Waals surface area contributed by atoms with Gasteiger partial charge >= 0.3 is 0 Å². The molecule has 26 heavy (non-hydrogen) atoms. The molecule has 2 N–H and O–H groups in total. The molecule has 1 aromatic heterocycles. The molecule has 0 bridgehead atoms. The average Bonchev–Trinajstić information content (AvgIpc) is 3.16. The minimum Gasteiger partial charge on any atom is -0.493 e. The van der Waals surface area contributed by atoms with Crippen LogP contribution < -0.4 is 20.1 Å². The van der Waals surface area contributed by atoms with Gasteiger partial charge in [0.1, 0.15) is 10.7 Å². The molecule has 8 nitrogen and oxygen atoms in total. The minimum absolute atomic E-state index is 0.119. The Morgan fingerprint density at radius 1 is 1.12 bits per heavy atom. The quantitative estimate of drug-likeness (QED) is 0.638. The van der Waals surface area contributed by atoms with Crippen LogP contribution in [0.25, 0.3) is 10.6 Å². The number of rotatable bonds is 9. The van der Waals surface area contributed by atoms with Crippen molar-refractivity contribution in [2.75, 3.05) is 41.0 Å². The second-order valence-electron chi connectivity index (χ2n) is 5.13. The van der Waals surface area contributed by atoms with Gasteiger partial charge in [-0.3, -0.25) is 9.59 Å². The lowest BCUT2D eigenvalue weighted by Crippen LogP contribution is -2.38. The number of carbonyl (C=O) groups is 2. The van der Waals surface area contributed by atoms with Crippen LogP contribution in [0.3, 0.4) is 0 Å². The van der Waals surface area contributed by atoms with Gasteiger partial charge < -0.3 is 24.8 Å². The van der Waals surface area contributed by atoms with E-state index >= 15 is 0 Å². The molecule has 0 radical (unpaired) electrons. The van der Waals surface area contributed by atoms with Crippen LogP contribution in [0.4, 0.5) is 0 Å². The van der Waals surface area contributed by atoms with Crippen LogP contribution in [0, 0.1) is 0 Å². The molecule has 2 rings (SSSR count). The standard InChI is InChI=1S/C17H21N3O5S/c1-23-7-6-18-15(21)9-19-16(22)12-10-26-17(20-12)11-4-5-13(24-2)14(8-11)25-3/h4-5,8,10H,6-7,9H2,1-3H3,(H,18,21)(H,19,22). The number of ether oxygens (including phenoxy) is 3.